The van der Waals surface area contributed by atoms with E-state index in [1.807, 2.05) is 51.1 Å². The molecular weight excluding hydrogens is 841 g/mol. The number of amides is 3. The molecule has 0 aliphatic carbocycles. The number of carbonyl (C=O) groups is 4. The number of nitrogens with two attached hydrogens (primary N) is 1. The number of fused-ring (bicyclic) bond motifs is 8. The summed E-state index contributed by atoms with van der Waals surface area (Å²) >= 11 is 0. The van der Waals surface area contributed by atoms with Crippen molar-refractivity contribution in [3.05, 3.63) is 111 Å². The number of nitrogens with one attached hydrogen (secondary N) is 2. The van der Waals surface area contributed by atoms with Crippen LogP contribution >= 0.6 is 0 Å². The lowest BCUT2D eigenvalue weighted by molar-refractivity contribution is -0.139. The van der Waals surface area contributed by atoms with E-state index in [2.05, 4.69) is 28.8 Å². The van der Waals surface area contributed by atoms with Gasteiger partial charge in [0.2, 0.25) is 5.91 Å². The van der Waals surface area contributed by atoms with Crippen molar-refractivity contribution in [1.82, 2.24) is 34.7 Å². The number of H-pyrrole nitrogens is 2. The molecule has 0 saturated heterocycles. The molecule has 66 heavy (non-hydrogen) atoms. The molecule has 3 aromatic heterocycles. The molecular formula is C50H60N8O8. The van der Waals surface area contributed by atoms with E-state index >= 15 is 4.79 Å². The summed E-state index contributed by atoms with van der Waals surface area (Å²) in [5, 5.41) is 8.86. The molecule has 16 heteroatoms. The number of pyridine rings is 1. The number of hydrogen-bond donors (Lipinski definition) is 4. The maximum Gasteiger partial charge on any atom is 0.330 e. The molecule has 0 spiro atoms. The average molecular weight is 901 g/mol. The summed E-state index contributed by atoms with van der Waals surface area (Å²) in [6, 6.07) is 9.60. The predicted molar refractivity (Wildman–Crippen MR) is 252 cm³/mol. The van der Waals surface area contributed by atoms with Crippen LogP contribution in [0.15, 0.2) is 54.9 Å². The lowest BCUT2D eigenvalue weighted by Gasteiger charge is -2.27. The van der Waals surface area contributed by atoms with Crippen molar-refractivity contribution < 1.29 is 38.5 Å². The number of aromatic amines is 2. The van der Waals surface area contributed by atoms with Crippen molar-refractivity contribution >= 4 is 57.0 Å². The third-order valence-corrected chi connectivity index (χ3v) is 12.8. The molecule has 0 fully saturated rings. The third kappa shape index (κ3) is 10.1. The first-order chi connectivity index (χ1) is 31.9. The minimum atomic E-state index is -0.546. The summed E-state index contributed by atoms with van der Waals surface area (Å²) in [6.07, 6.45) is 8.20. The molecule has 4 aliphatic heterocycles. The van der Waals surface area contributed by atoms with Crippen LogP contribution in [0.3, 0.4) is 0 Å². The number of carbonyl (C=O) groups excluding carboxylic acids is 4. The van der Waals surface area contributed by atoms with Gasteiger partial charge in [0.05, 0.1) is 72.5 Å². The van der Waals surface area contributed by atoms with Crippen molar-refractivity contribution in [2.45, 2.75) is 72.1 Å². The lowest BCUT2D eigenvalue weighted by atomic mass is 9.84. The Balaban J connectivity index is 1.39. The number of imide groups is 1. The number of allylic oxidation sites excluding steroid dienone is 5. The number of likely N-dealkylation sites (N-methyl/N-ethyl adjacent to an activating group) is 1. The van der Waals surface area contributed by atoms with Gasteiger partial charge in [-0.05, 0) is 104 Å². The fourth-order valence-electron chi connectivity index (χ4n) is 8.95. The lowest BCUT2D eigenvalue weighted by Crippen LogP contribution is -2.42. The number of aryl methyl sites for hydroxylation is 1. The van der Waals surface area contributed by atoms with Gasteiger partial charge in [-0.25, -0.2) is 14.8 Å². The Morgan fingerprint density at radius 3 is 2.33 bits per heavy atom. The zero-order valence-corrected chi connectivity index (χ0v) is 38.7. The van der Waals surface area contributed by atoms with Crippen LogP contribution in [-0.2, 0) is 30.2 Å². The second kappa shape index (κ2) is 21.3. The van der Waals surface area contributed by atoms with Crippen LogP contribution in [0.5, 0.6) is 0 Å². The maximum atomic E-state index is 15.1. The van der Waals surface area contributed by atoms with E-state index in [1.54, 1.807) is 30.4 Å². The molecule has 348 valence electrons. The molecule has 0 saturated carbocycles. The molecule has 4 aliphatic rings. The van der Waals surface area contributed by atoms with Gasteiger partial charge in [-0.3, -0.25) is 24.3 Å². The number of esters is 1. The first kappa shape index (κ1) is 47.6. The summed E-state index contributed by atoms with van der Waals surface area (Å²) in [7, 11) is 1.74. The largest absolute Gasteiger partial charge is 0.460 e. The van der Waals surface area contributed by atoms with Crippen LogP contribution in [0, 0.1) is 6.92 Å². The summed E-state index contributed by atoms with van der Waals surface area (Å²) in [4.78, 5) is 80.7. The van der Waals surface area contributed by atoms with Crippen molar-refractivity contribution in [1.29, 1.82) is 0 Å². The monoisotopic (exact) mass is 900 g/mol. The predicted octanol–water partition coefficient (Wildman–Crippen LogP) is 6.06. The number of hydrogen-bond acceptors (Lipinski definition) is 12. The SMILES string of the molecule is CCC1=C(C)c2cc3nc(cc4[nH]c(c5c6[nH]c(cc1n2)c(C)c6C(=O)N(CCc1ccncc1)C5=O)[C@@H](CCC(=O)N(C)CCN)[C@@H]4C)C(C)=C3/C=C/C(=O)OCCOCCOCCO. The number of aliphatic hydroxyl groups excluding tert-OH is 1. The number of aromatic nitrogens is 5. The van der Waals surface area contributed by atoms with E-state index in [-0.39, 0.29) is 63.0 Å². The Bertz CT molecular complexity index is 2660. The highest BCUT2D eigenvalue weighted by Gasteiger charge is 2.40. The van der Waals surface area contributed by atoms with Gasteiger partial charge in [0.25, 0.3) is 11.8 Å². The van der Waals surface area contributed by atoms with Crippen molar-refractivity contribution in [3.63, 3.8) is 0 Å². The molecule has 8 bridgehead atoms. The molecule has 3 aromatic rings. The molecule has 7 rings (SSSR count). The van der Waals surface area contributed by atoms with Gasteiger partial charge in [0, 0.05) is 85.9 Å². The van der Waals surface area contributed by atoms with Crippen molar-refractivity contribution in [2.24, 2.45) is 5.73 Å². The van der Waals surface area contributed by atoms with Gasteiger partial charge in [-0.15, -0.1) is 0 Å². The van der Waals surface area contributed by atoms with Crippen LogP contribution in [0.25, 0.3) is 33.3 Å². The zero-order valence-electron chi connectivity index (χ0n) is 38.7. The number of ether oxygens (including phenoxy) is 3. The van der Waals surface area contributed by atoms with E-state index < -0.39 is 11.9 Å². The molecule has 3 amide bonds. The number of rotatable bonds is 19. The van der Waals surface area contributed by atoms with Gasteiger partial charge in [0.1, 0.15) is 6.61 Å². The number of aliphatic hydroxyl groups is 1. The Hall–Kier alpha value is -6.33. The highest BCUT2D eigenvalue weighted by molar-refractivity contribution is 6.23. The molecule has 5 N–H and O–H groups in total. The first-order valence-electron chi connectivity index (χ1n) is 22.7. The van der Waals surface area contributed by atoms with E-state index in [1.165, 1.54) is 11.0 Å². The molecule has 7 heterocycles. The average Bonchev–Trinajstić information content (AvgIpc) is 3.98. The van der Waals surface area contributed by atoms with Crippen LogP contribution in [-0.4, -0.2) is 130 Å². The fraction of sp³-hybridized carbons (Fsp3) is 0.420. The van der Waals surface area contributed by atoms with E-state index in [9.17, 15) is 14.4 Å². The Morgan fingerprint density at radius 2 is 1.61 bits per heavy atom. The van der Waals surface area contributed by atoms with Gasteiger partial charge < -0.3 is 39.9 Å². The second-order valence-corrected chi connectivity index (χ2v) is 16.8. The van der Waals surface area contributed by atoms with Crippen molar-refractivity contribution in [3.8, 4) is 0 Å². The van der Waals surface area contributed by atoms with Crippen LogP contribution < -0.4 is 5.73 Å². The van der Waals surface area contributed by atoms with Gasteiger partial charge in [-0.2, -0.15) is 0 Å². The highest BCUT2D eigenvalue weighted by atomic mass is 16.6. The fourth-order valence-corrected chi connectivity index (χ4v) is 8.95. The van der Waals surface area contributed by atoms with Crippen LogP contribution in [0.4, 0.5) is 0 Å². The van der Waals surface area contributed by atoms with Crippen LogP contribution in [0.2, 0.25) is 0 Å². The normalized spacial score (nSPS) is 16.5. The standard InChI is InChI=1S/C50H60N8O8/c1-7-34-29(2)38-27-42-35(9-11-44(61)66-25-24-65-23-22-64-21-20-59)30(3)37(54-42)26-39-31(4)36(8-10-43(60)57(6)19-15-51)47(55-39)46-48-45(32(5)40(56-48)28-41(34)53-38)49(62)58(50(46)63)18-14-33-12-16-52-17-13-33/h9,11-13,16-17,26-28,31,36,55-56,59H,7-8,10,14-15,18-25,51H2,1-6H3/b11-9+,39-26?,41-28?,42-27?,47-46?/t31-,36-/m0/s1. The van der Waals surface area contributed by atoms with E-state index in [0.717, 1.165) is 33.7 Å². The zero-order chi connectivity index (χ0) is 47.1. The molecule has 16 nitrogen and oxygen atoms in total. The van der Waals surface area contributed by atoms with Gasteiger partial charge in [0.15, 0.2) is 0 Å². The summed E-state index contributed by atoms with van der Waals surface area (Å²) in [5.41, 5.74) is 16.9. The summed E-state index contributed by atoms with van der Waals surface area (Å²) in [6.45, 7) is 11.9. The summed E-state index contributed by atoms with van der Waals surface area (Å²) in [5.74, 6) is -1.97. The Morgan fingerprint density at radius 1 is 0.909 bits per heavy atom. The van der Waals surface area contributed by atoms with E-state index in [0.29, 0.717) is 102 Å². The van der Waals surface area contributed by atoms with Gasteiger partial charge in [-0.1, -0.05) is 13.8 Å². The van der Waals surface area contributed by atoms with Crippen molar-refractivity contribution in [2.75, 3.05) is 66.3 Å². The Kier molecular flexibility index (Phi) is 15.4. The molecule has 0 radical (unpaired) electrons. The maximum absolute atomic E-state index is 15.1. The first-order valence-corrected chi connectivity index (χ1v) is 22.7. The topological polar surface area (TPSA) is 219 Å². The quantitative estimate of drug-likeness (QED) is 0.0467. The Labute approximate surface area is 384 Å². The highest BCUT2D eigenvalue weighted by Crippen LogP contribution is 2.45. The van der Waals surface area contributed by atoms with Gasteiger partial charge >= 0.3 is 5.97 Å². The minimum absolute atomic E-state index is 0.0489. The van der Waals surface area contributed by atoms with E-state index in [4.69, 9.17) is 35.0 Å². The molecule has 0 unspecified atom stereocenters. The molecule has 0 aromatic carbocycles. The summed E-state index contributed by atoms with van der Waals surface area (Å²) < 4.78 is 16.1. The van der Waals surface area contributed by atoms with Crippen LogP contribution in [0.1, 0.15) is 125 Å². The third-order valence-electron chi connectivity index (χ3n) is 12.8. The molecule has 2 atom stereocenters. The minimum Gasteiger partial charge on any atom is -0.460 e. The smallest absolute Gasteiger partial charge is 0.330 e. The number of nitrogens with zero attached hydrogens (tertiary/aromatic N) is 5. The second-order valence-electron chi connectivity index (χ2n) is 16.8.